The van der Waals surface area contributed by atoms with Crippen molar-refractivity contribution >= 4 is 35.8 Å². The number of carbonyl (C=O) groups is 1. The van der Waals surface area contributed by atoms with Gasteiger partial charge in [-0.2, -0.15) is 0 Å². The molecule has 0 bridgehead atoms. The van der Waals surface area contributed by atoms with Crippen molar-refractivity contribution in [2.45, 2.75) is 58.0 Å². The first kappa shape index (κ1) is 26.9. The Morgan fingerprint density at radius 1 is 1.22 bits per heavy atom. The lowest BCUT2D eigenvalue weighted by molar-refractivity contribution is -0.127. The van der Waals surface area contributed by atoms with E-state index >= 15 is 0 Å². The minimum absolute atomic E-state index is 0. The normalized spacial score (nSPS) is 20.3. The average molecular weight is 557 g/mol. The van der Waals surface area contributed by atoms with Crippen LogP contribution in [0.5, 0.6) is 0 Å². The highest BCUT2D eigenvalue weighted by Crippen LogP contribution is 2.30. The summed E-state index contributed by atoms with van der Waals surface area (Å²) in [5, 5.41) is 6.86. The van der Waals surface area contributed by atoms with Crippen LogP contribution in [0.25, 0.3) is 0 Å². The summed E-state index contributed by atoms with van der Waals surface area (Å²) in [5.41, 5.74) is 1.28. The van der Waals surface area contributed by atoms with Gasteiger partial charge in [-0.1, -0.05) is 43.2 Å². The first-order valence-electron chi connectivity index (χ1n) is 12.1. The molecule has 32 heavy (non-hydrogen) atoms. The van der Waals surface area contributed by atoms with Crippen molar-refractivity contribution in [2.75, 3.05) is 39.8 Å². The lowest BCUT2D eigenvalue weighted by Gasteiger charge is -2.24. The van der Waals surface area contributed by atoms with Crippen molar-refractivity contribution in [2.24, 2.45) is 16.8 Å². The molecular formula is C25H41IN4O2. The summed E-state index contributed by atoms with van der Waals surface area (Å²) in [5.74, 6) is 2.12. The monoisotopic (exact) mass is 556 g/mol. The molecule has 3 rings (SSSR count). The Bertz CT molecular complexity index is 694. The molecule has 1 saturated heterocycles. The predicted molar refractivity (Wildman–Crippen MR) is 142 cm³/mol. The second-order valence-electron chi connectivity index (χ2n) is 8.85. The molecule has 2 N–H and O–H groups in total. The molecule has 0 radical (unpaired) electrons. The molecule has 6 nitrogen and oxygen atoms in total. The molecular weight excluding hydrogens is 515 g/mol. The number of nitrogens with one attached hydrogen (secondary N) is 2. The van der Waals surface area contributed by atoms with Gasteiger partial charge in [-0.05, 0) is 44.1 Å². The lowest BCUT2D eigenvalue weighted by Crippen LogP contribution is -2.41. The highest BCUT2D eigenvalue weighted by molar-refractivity contribution is 14.0. The van der Waals surface area contributed by atoms with E-state index in [0.29, 0.717) is 24.4 Å². The van der Waals surface area contributed by atoms with Crippen LogP contribution in [0.2, 0.25) is 0 Å². The quantitative estimate of drug-likeness (QED) is 0.247. The Morgan fingerprint density at radius 2 is 1.97 bits per heavy atom. The zero-order valence-corrected chi connectivity index (χ0v) is 22.1. The van der Waals surface area contributed by atoms with E-state index in [9.17, 15) is 4.79 Å². The minimum atomic E-state index is 0. The number of guanidine groups is 1. The summed E-state index contributed by atoms with van der Waals surface area (Å²) in [6.07, 6.45) is 8.17. The highest BCUT2D eigenvalue weighted by Gasteiger charge is 2.29. The molecule has 1 amide bonds. The van der Waals surface area contributed by atoms with E-state index in [-0.39, 0.29) is 29.9 Å². The number of halogens is 1. The Balaban J connectivity index is 0.00000363. The first-order valence-corrected chi connectivity index (χ1v) is 12.1. The van der Waals surface area contributed by atoms with Gasteiger partial charge in [0.25, 0.3) is 0 Å². The molecule has 2 aliphatic rings. The van der Waals surface area contributed by atoms with E-state index in [1.807, 2.05) is 11.0 Å². The van der Waals surface area contributed by atoms with Gasteiger partial charge in [-0.3, -0.25) is 9.79 Å². The Morgan fingerprint density at radius 3 is 2.66 bits per heavy atom. The predicted octanol–water partition coefficient (Wildman–Crippen LogP) is 3.85. The molecule has 180 valence electrons. The number of hydrogen-bond donors (Lipinski definition) is 2. The van der Waals surface area contributed by atoms with Crippen LogP contribution in [0.3, 0.4) is 0 Å². The molecule has 7 heteroatoms. The maximum atomic E-state index is 12.4. The number of nitrogens with zero attached hydrogens (tertiary/aromatic N) is 2. The largest absolute Gasteiger partial charge is 0.378 e. The van der Waals surface area contributed by atoms with Crippen molar-refractivity contribution in [3.63, 3.8) is 0 Å². The third kappa shape index (κ3) is 8.54. The number of amides is 1. The summed E-state index contributed by atoms with van der Waals surface area (Å²) in [6, 6.07) is 10.4. The van der Waals surface area contributed by atoms with Gasteiger partial charge in [-0.25, -0.2) is 0 Å². The SMILES string of the molecule is CCOC(CCNC(=NC)NCC1CC(=O)N(CCc2ccccc2)C1)C1CCCC1.I. The average Bonchev–Trinajstić information content (AvgIpc) is 3.44. The maximum absolute atomic E-state index is 12.4. The van der Waals surface area contributed by atoms with Crippen LogP contribution in [-0.4, -0.2) is 62.7 Å². The van der Waals surface area contributed by atoms with E-state index in [2.05, 4.69) is 46.8 Å². The van der Waals surface area contributed by atoms with E-state index in [4.69, 9.17) is 4.74 Å². The topological polar surface area (TPSA) is 66.0 Å². The summed E-state index contributed by atoms with van der Waals surface area (Å²) >= 11 is 0. The molecule has 1 aromatic rings. The Hall–Kier alpha value is -1.35. The molecule has 1 aliphatic heterocycles. The molecule has 2 fully saturated rings. The number of ether oxygens (including phenoxy) is 1. The minimum Gasteiger partial charge on any atom is -0.378 e. The van der Waals surface area contributed by atoms with Crippen LogP contribution in [-0.2, 0) is 16.0 Å². The molecule has 2 atom stereocenters. The van der Waals surface area contributed by atoms with Crippen molar-refractivity contribution < 1.29 is 9.53 Å². The Kier molecular flexibility index (Phi) is 12.4. The number of aliphatic imine (C=N–C) groups is 1. The van der Waals surface area contributed by atoms with Crippen LogP contribution >= 0.6 is 24.0 Å². The number of hydrogen-bond acceptors (Lipinski definition) is 3. The molecule has 1 aliphatic carbocycles. The van der Waals surface area contributed by atoms with E-state index in [1.165, 1.54) is 31.2 Å². The highest BCUT2D eigenvalue weighted by atomic mass is 127. The number of benzene rings is 1. The van der Waals surface area contributed by atoms with Gasteiger partial charge in [0.1, 0.15) is 0 Å². The van der Waals surface area contributed by atoms with E-state index < -0.39 is 0 Å². The standard InChI is InChI=1S/C25H40N4O2.HI/c1-3-31-23(22-11-7-8-12-22)13-15-27-25(26-2)28-18-21-17-24(30)29(19-21)16-14-20-9-5-4-6-10-20;/h4-6,9-10,21-23H,3,7-8,11-19H2,1-2H3,(H2,26,27,28);1H. The number of likely N-dealkylation sites (tertiary alicyclic amines) is 1. The van der Waals surface area contributed by atoms with Crippen molar-refractivity contribution in [3.8, 4) is 0 Å². The fraction of sp³-hybridized carbons (Fsp3) is 0.680. The molecule has 1 aromatic carbocycles. The van der Waals surface area contributed by atoms with E-state index in [0.717, 1.165) is 51.6 Å². The van der Waals surface area contributed by atoms with Gasteiger partial charge in [0.15, 0.2) is 5.96 Å². The molecule has 1 saturated carbocycles. The molecule has 0 aromatic heterocycles. The van der Waals surface area contributed by atoms with Gasteiger partial charge in [-0.15, -0.1) is 24.0 Å². The van der Waals surface area contributed by atoms with E-state index in [1.54, 1.807) is 7.05 Å². The molecule has 1 heterocycles. The van der Waals surface area contributed by atoms with Gasteiger partial charge >= 0.3 is 0 Å². The van der Waals surface area contributed by atoms with Crippen LogP contribution in [0.15, 0.2) is 35.3 Å². The summed E-state index contributed by atoms with van der Waals surface area (Å²) in [7, 11) is 1.80. The molecule has 0 spiro atoms. The number of carbonyl (C=O) groups excluding carboxylic acids is 1. The third-order valence-electron chi connectivity index (χ3n) is 6.62. The van der Waals surface area contributed by atoms with Gasteiger partial charge < -0.3 is 20.3 Å². The maximum Gasteiger partial charge on any atom is 0.223 e. The second-order valence-corrected chi connectivity index (χ2v) is 8.85. The third-order valence-corrected chi connectivity index (χ3v) is 6.62. The first-order chi connectivity index (χ1) is 15.2. The summed E-state index contributed by atoms with van der Waals surface area (Å²) in [6.45, 7) is 6.11. The fourth-order valence-electron chi connectivity index (χ4n) is 4.91. The second kappa shape index (κ2) is 14.7. The van der Waals surface area contributed by atoms with Crippen LogP contribution in [0.4, 0.5) is 0 Å². The van der Waals surface area contributed by atoms with Gasteiger partial charge in [0.2, 0.25) is 5.91 Å². The zero-order valence-electron chi connectivity index (χ0n) is 19.7. The van der Waals surface area contributed by atoms with Crippen molar-refractivity contribution in [1.82, 2.24) is 15.5 Å². The van der Waals surface area contributed by atoms with Gasteiger partial charge in [0.05, 0.1) is 6.10 Å². The number of rotatable bonds is 11. The fourth-order valence-corrected chi connectivity index (χ4v) is 4.91. The van der Waals surface area contributed by atoms with Crippen molar-refractivity contribution in [1.29, 1.82) is 0 Å². The smallest absolute Gasteiger partial charge is 0.223 e. The lowest BCUT2D eigenvalue weighted by atomic mass is 9.98. The van der Waals surface area contributed by atoms with Crippen molar-refractivity contribution in [3.05, 3.63) is 35.9 Å². The van der Waals surface area contributed by atoms with Crippen LogP contribution < -0.4 is 10.6 Å². The zero-order chi connectivity index (χ0) is 21.9. The molecule has 2 unspecified atom stereocenters. The van der Waals surface area contributed by atoms with Crippen LogP contribution in [0, 0.1) is 11.8 Å². The summed E-state index contributed by atoms with van der Waals surface area (Å²) < 4.78 is 6.02. The van der Waals surface area contributed by atoms with Crippen LogP contribution in [0.1, 0.15) is 51.0 Å². The summed E-state index contributed by atoms with van der Waals surface area (Å²) in [4.78, 5) is 18.8. The Labute approximate surface area is 211 Å². The van der Waals surface area contributed by atoms with Gasteiger partial charge in [0, 0.05) is 52.2 Å².